The Labute approximate surface area is 126 Å². The Kier molecular flexibility index (Phi) is 3.42. The molecule has 112 valence electrons. The van der Waals surface area contributed by atoms with Gasteiger partial charge in [0.15, 0.2) is 11.6 Å². The quantitative estimate of drug-likeness (QED) is 0.504. The Morgan fingerprint density at radius 3 is 1.41 bits per heavy atom. The summed E-state index contributed by atoms with van der Waals surface area (Å²) in [4.78, 5) is 24.2. The van der Waals surface area contributed by atoms with Gasteiger partial charge in [0.1, 0.15) is 23.6 Å². The third-order valence-electron chi connectivity index (χ3n) is 3.55. The number of benzene rings is 2. The van der Waals surface area contributed by atoms with E-state index in [-0.39, 0.29) is 23.1 Å². The fourth-order valence-corrected chi connectivity index (χ4v) is 2.30. The third kappa shape index (κ3) is 2.35. The lowest BCUT2D eigenvalue weighted by molar-refractivity contribution is -0.139. The second kappa shape index (κ2) is 5.40. The summed E-state index contributed by atoms with van der Waals surface area (Å²) < 4.78 is 0. The van der Waals surface area contributed by atoms with Crippen molar-refractivity contribution in [2.75, 3.05) is 10.6 Å². The fourth-order valence-electron chi connectivity index (χ4n) is 2.30. The van der Waals surface area contributed by atoms with Crippen molar-refractivity contribution in [3.8, 4) is 11.5 Å². The molecule has 6 nitrogen and oxygen atoms in total. The Morgan fingerprint density at radius 1 is 0.682 bits per heavy atom. The molecule has 3 rings (SSSR count). The van der Waals surface area contributed by atoms with Crippen LogP contribution >= 0.6 is 0 Å². The van der Waals surface area contributed by atoms with Crippen LogP contribution in [0.5, 0.6) is 11.5 Å². The van der Waals surface area contributed by atoms with E-state index < -0.39 is 12.1 Å². The molecule has 0 amide bonds. The molecule has 0 atom stereocenters. The van der Waals surface area contributed by atoms with Crippen LogP contribution in [0.3, 0.4) is 0 Å². The van der Waals surface area contributed by atoms with Gasteiger partial charge in [0.05, 0.1) is 11.4 Å². The molecule has 1 aliphatic carbocycles. The van der Waals surface area contributed by atoms with Crippen molar-refractivity contribution in [3.05, 3.63) is 48.5 Å². The van der Waals surface area contributed by atoms with Gasteiger partial charge in [-0.3, -0.25) is 9.59 Å². The molecule has 1 fully saturated rings. The van der Waals surface area contributed by atoms with E-state index in [1.807, 2.05) is 0 Å². The summed E-state index contributed by atoms with van der Waals surface area (Å²) in [7, 11) is 0. The van der Waals surface area contributed by atoms with Crippen LogP contribution in [-0.2, 0) is 9.59 Å². The van der Waals surface area contributed by atoms with Gasteiger partial charge in [-0.1, -0.05) is 24.3 Å². The minimum Gasteiger partial charge on any atom is -0.506 e. The van der Waals surface area contributed by atoms with E-state index >= 15 is 0 Å². The van der Waals surface area contributed by atoms with Crippen molar-refractivity contribution < 1.29 is 19.8 Å². The molecule has 0 bridgehead atoms. The van der Waals surface area contributed by atoms with Crippen LogP contribution in [0.2, 0.25) is 0 Å². The number of carbonyl (C=O) groups is 2. The number of anilines is 2. The SMILES string of the molecule is O=C1C(Nc2ccccc2O)C(=O)C1Nc1ccccc1O. The topological polar surface area (TPSA) is 98.7 Å². The number of phenols is 2. The summed E-state index contributed by atoms with van der Waals surface area (Å²) in [5, 5.41) is 24.8. The van der Waals surface area contributed by atoms with Crippen molar-refractivity contribution in [1.82, 2.24) is 0 Å². The van der Waals surface area contributed by atoms with E-state index in [0.29, 0.717) is 11.4 Å². The smallest absolute Gasteiger partial charge is 0.192 e. The Balaban J connectivity index is 1.70. The monoisotopic (exact) mass is 298 g/mol. The molecule has 0 aliphatic heterocycles. The van der Waals surface area contributed by atoms with Crippen LogP contribution in [0.4, 0.5) is 11.4 Å². The molecule has 0 aromatic heterocycles. The molecule has 0 radical (unpaired) electrons. The van der Waals surface area contributed by atoms with E-state index in [1.54, 1.807) is 36.4 Å². The van der Waals surface area contributed by atoms with E-state index in [1.165, 1.54) is 12.1 Å². The zero-order valence-electron chi connectivity index (χ0n) is 11.5. The van der Waals surface area contributed by atoms with Gasteiger partial charge in [-0.2, -0.15) is 0 Å². The highest BCUT2D eigenvalue weighted by molar-refractivity contribution is 6.33. The van der Waals surface area contributed by atoms with Crippen LogP contribution in [0.25, 0.3) is 0 Å². The molecule has 2 aromatic carbocycles. The number of rotatable bonds is 4. The van der Waals surface area contributed by atoms with Gasteiger partial charge >= 0.3 is 0 Å². The van der Waals surface area contributed by atoms with Crippen molar-refractivity contribution in [2.45, 2.75) is 12.1 Å². The molecule has 0 heterocycles. The van der Waals surface area contributed by atoms with E-state index in [4.69, 9.17) is 0 Å². The van der Waals surface area contributed by atoms with Gasteiger partial charge in [-0.05, 0) is 24.3 Å². The molecule has 2 aromatic rings. The highest BCUT2D eigenvalue weighted by Crippen LogP contribution is 2.29. The highest BCUT2D eigenvalue weighted by atomic mass is 16.3. The predicted molar refractivity (Wildman–Crippen MR) is 81.0 cm³/mol. The maximum absolute atomic E-state index is 12.1. The number of phenolic OH excluding ortho intramolecular Hbond substituents is 2. The first-order valence-electron chi connectivity index (χ1n) is 6.74. The zero-order valence-corrected chi connectivity index (χ0v) is 11.5. The summed E-state index contributed by atoms with van der Waals surface area (Å²) >= 11 is 0. The average Bonchev–Trinajstić information content (AvgIpc) is 2.53. The minimum absolute atomic E-state index is 0.0276. The molecule has 1 saturated carbocycles. The summed E-state index contributed by atoms with van der Waals surface area (Å²) in [5.41, 5.74) is 0.658. The number of Topliss-reactive ketones (excluding diaryl/α,β-unsaturated/α-hetero) is 2. The second-order valence-electron chi connectivity index (χ2n) is 4.99. The van der Waals surface area contributed by atoms with Crippen LogP contribution in [0.1, 0.15) is 0 Å². The predicted octanol–water partition coefficient (Wildman–Crippen LogP) is 1.51. The van der Waals surface area contributed by atoms with Gasteiger partial charge in [-0.25, -0.2) is 0 Å². The van der Waals surface area contributed by atoms with E-state index in [0.717, 1.165) is 0 Å². The first kappa shape index (κ1) is 13.9. The number of nitrogens with one attached hydrogen (secondary N) is 2. The summed E-state index contributed by atoms with van der Waals surface area (Å²) in [6.07, 6.45) is 0. The van der Waals surface area contributed by atoms with Crippen molar-refractivity contribution in [3.63, 3.8) is 0 Å². The number of ketones is 2. The Hall–Kier alpha value is -3.02. The third-order valence-corrected chi connectivity index (χ3v) is 3.55. The van der Waals surface area contributed by atoms with Gasteiger partial charge in [0.25, 0.3) is 0 Å². The average molecular weight is 298 g/mol. The lowest BCUT2D eigenvalue weighted by Crippen LogP contribution is -2.64. The zero-order chi connectivity index (χ0) is 15.7. The summed E-state index contributed by atoms with van der Waals surface area (Å²) in [6, 6.07) is 10.8. The number of para-hydroxylation sites is 4. The second-order valence-corrected chi connectivity index (χ2v) is 4.99. The van der Waals surface area contributed by atoms with Gasteiger partial charge in [0.2, 0.25) is 0 Å². The Bertz CT molecular complexity index is 669. The maximum atomic E-state index is 12.1. The van der Waals surface area contributed by atoms with Crippen LogP contribution < -0.4 is 10.6 Å². The minimum atomic E-state index is -0.989. The molecule has 1 aliphatic rings. The highest BCUT2D eigenvalue weighted by Gasteiger charge is 2.49. The van der Waals surface area contributed by atoms with E-state index in [9.17, 15) is 19.8 Å². The van der Waals surface area contributed by atoms with Crippen LogP contribution in [0.15, 0.2) is 48.5 Å². The maximum Gasteiger partial charge on any atom is 0.192 e. The summed E-state index contributed by atoms with van der Waals surface area (Å²) in [6.45, 7) is 0. The molecular formula is C16H14N2O4. The van der Waals surface area contributed by atoms with Crippen LogP contribution in [0, 0.1) is 0 Å². The lowest BCUT2D eigenvalue weighted by atomic mass is 9.82. The first-order chi connectivity index (χ1) is 10.6. The van der Waals surface area contributed by atoms with Gasteiger partial charge in [-0.15, -0.1) is 0 Å². The number of hydrogen-bond acceptors (Lipinski definition) is 6. The standard InChI is InChI=1S/C16H14N2O4/c19-11-7-3-1-5-9(11)17-13-15(21)14(16(13)22)18-10-6-2-4-8-12(10)20/h1-8,13-14,17-20H. The largest absolute Gasteiger partial charge is 0.506 e. The first-order valence-corrected chi connectivity index (χ1v) is 6.74. The molecule has 4 N–H and O–H groups in total. The normalized spacial score (nSPS) is 20.4. The van der Waals surface area contributed by atoms with Crippen molar-refractivity contribution >= 4 is 22.9 Å². The fraction of sp³-hybridized carbons (Fsp3) is 0.125. The number of aromatic hydroxyl groups is 2. The summed E-state index contributed by atoms with van der Waals surface area (Å²) in [5.74, 6) is -0.728. The van der Waals surface area contributed by atoms with E-state index in [2.05, 4.69) is 10.6 Å². The molecule has 0 saturated heterocycles. The van der Waals surface area contributed by atoms with Crippen molar-refractivity contribution in [2.24, 2.45) is 0 Å². The molecule has 0 unspecified atom stereocenters. The molecular weight excluding hydrogens is 284 g/mol. The van der Waals surface area contributed by atoms with Crippen molar-refractivity contribution in [1.29, 1.82) is 0 Å². The number of hydrogen-bond donors (Lipinski definition) is 4. The van der Waals surface area contributed by atoms with Gasteiger partial charge in [0, 0.05) is 0 Å². The molecule has 22 heavy (non-hydrogen) atoms. The van der Waals surface area contributed by atoms with Crippen LogP contribution in [-0.4, -0.2) is 33.9 Å². The lowest BCUT2D eigenvalue weighted by Gasteiger charge is -2.34. The Morgan fingerprint density at radius 2 is 1.05 bits per heavy atom. The molecule has 6 heteroatoms. The number of carbonyl (C=O) groups excluding carboxylic acids is 2. The molecule has 0 spiro atoms. The van der Waals surface area contributed by atoms with Gasteiger partial charge < -0.3 is 20.8 Å².